The zero-order valence-electron chi connectivity index (χ0n) is 18.2. The van der Waals surface area contributed by atoms with Gasteiger partial charge in [0.15, 0.2) is 0 Å². The predicted octanol–water partition coefficient (Wildman–Crippen LogP) is 6.06. The second-order valence-electron chi connectivity index (χ2n) is 8.60. The molecule has 1 radical (unpaired) electrons. The van der Waals surface area contributed by atoms with Gasteiger partial charge in [-0.2, -0.15) is 0 Å². The number of ether oxygens (including phenoxy) is 1. The van der Waals surface area contributed by atoms with Gasteiger partial charge in [-0.15, -0.1) is 0 Å². The molecule has 2 atom stereocenters. The van der Waals surface area contributed by atoms with Crippen LogP contribution in [0.1, 0.15) is 38.8 Å². The topological polar surface area (TPSA) is 38.7 Å². The molecule has 0 aliphatic heterocycles. The number of hydrogen-bond acceptors (Lipinski definition) is 3. The first-order valence-corrected chi connectivity index (χ1v) is 12.3. The van der Waals surface area contributed by atoms with Crippen molar-refractivity contribution in [2.45, 2.75) is 53.5 Å². The molecule has 29 heavy (non-hydrogen) atoms. The summed E-state index contributed by atoms with van der Waals surface area (Å²) < 4.78 is 26.0. The molecule has 0 amide bonds. The number of aliphatic hydroxyl groups excluding tert-OH is 1. The monoisotopic (exact) mass is 415 g/mol. The van der Waals surface area contributed by atoms with E-state index >= 15 is 0 Å². The molecule has 0 bridgehead atoms. The van der Waals surface area contributed by atoms with E-state index in [1.54, 1.807) is 12.1 Å². The van der Waals surface area contributed by atoms with Crippen LogP contribution in [0.3, 0.4) is 0 Å². The van der Waals surface area contributed by atoms with Crippen molar-refractivity contribution in [2.75, 3.05) is 0 Å². The van der Waals surface area contributed by atoms with E-state index in [-0.39, 0.29) is 17.2 Å². The van der Waals surface area contributed by atoms with Gasteiger partial charge in [0.05, 0.1) is 11.7 Å². The average Bonchev–Trinajstić information content (AvgIpc) is 2.65. The summed E-state index contributed by atoms with van der Waals surface area (Å²) in [6, 6.07) is 14.1. The van der Waals surface area contributed by atoms with Crippen LogP contribution in [0.5, 0.6) is 5.75 Å². The van der Waals surface area contributed by atoms with E-state index in [4.69, 9.17) is 9.16 Å². The van der Waals surface area contributed by atoms with Gasteiger partial charge < -0.3 is 14.3 Å². The molecule has 0 unspecified atom stereocenters. The maximum absolute atomic E-state index is 14.0. The summed E-state index contributed by atoms with van der Waals surface area (Å²) in [6.07, 6.45) is 1.04. The minimum atomic E-state index is -1.11. The van der Waals surface area contributed by atoms with Crippen LogP contribution in [0, 0.1) is 17.2 Å². The molecule has 2 aromatic carbocycles. The number of hydrogen-bond donors (Lipinski definition) is 1. The first kappa shape index (κ1) is 23.2. The Morgan fingerprint density at radius 1 is 1.14 bits per heavy atom. The Bertz CT molecular complexity index is 813. The van der Waals surface area contributed by atoms with Crippen molar-refractivity contribution in [1.82, 2.24) is 0 Å². The summed E-state index contributed by atoms with van der Waals surface area (Å²) in [5.41, 5.74) is 1.57. The van der Waals surface area contributed by atoms with E-state index in [1.807, 2.05) is 50.3 Å². The minimum absolute atomic E-state index is 0.0135. The maximum Gasteiger partial charge on any atom is 0.274 e. The third-order valence-electron chi connectivity index (χ3n) is 4.96. The first-order valence-electron chi connectivity index (χ1n) is 9.92. The van der Waals surface area contributed by atoms with Crippen LogP contribution in [0.25, 0.3) is 5.76 Å². The molecule has 0 fully saturated rings. The van der Waals surface area contributed by atoms with Crippen LogP contribution in [0.2, 0.25) is 13.1 Å². The van der Waals surface area contributed by atoms with E-state index in [1.165, 1.54) is 12.1 Å². The molecule has 2 aromatic rings. The maximum atomic E-state index is 14.0. The van der Waals surface area contributed by atoms with E-state index < -0.39 is 15.1 Å². The smallest absolute Gasteiger partial charge is 0.274 e. The Hall–Kier alpha value is -2.11. The van der Waals surface area contributed by atoms with Gasteiger partial charge in [-0.1, -0.05) is 58.0 Å². The van der Waals surface area contributed by atoms with Gasteiger partial charge in [0.2, 0.25) is 0 Å². The molecule has 2 rings (SSSR count). The fraction of sp³-hybridized carbons (Fsp3) is 0.417. The summed E-state index contributed by atoms with van der Waals surface area (Å²) in [6.45, 7) is 12.7. The van der Waals surface area contributed by atoms with E-state index in [0.29, 0.717) is 23.7 Å². The fourth-order valence-electron chi connectivity index (χ4n) is 2.76. The van der Waals surface area contributed by atoms with Gasteiger partial charge >= 0.3 is 0 Å². The van der Waals surface area contributed by atoms with Crippen LogP contribution >= 0.6 is 0 Å². The van der Waals surface area contributed by atoms with Crippen LogP contribution in [0.4, 0.5) is 4.39 Å². The predicted molar refractivity (Wildman–Crippen MR) is 118 cm³/mol. The molecular weight excluding hydrogens is 383 g/mol. The lowest BCUT2D eigenvalue weighted by molar-refractivity contribution is 0.0889. The third kappa shape index (κ3) is 7.01. The Morgan fingerprint density at radius 3 is 2.38 bits per heavy atom. The third-order valence-corrected chi connectivity index (χ3v) is 5.59. The number of rotatable bonds is 8. The lowest BCUT2D eigenvalue weighted by Gasteiger charge is -2.30. The average molecular weight is 416 g/mol. The standard InChI is InChI=1S/C24H32FO3Si/c1-17(24(2,3)4)21(26)15-23(28-29(5)6)20-13-12-19(25)14-22(20)27-16-18-10-8-7-9-11-18/h7-15,17,21,26H,16H2,1-6H3/b23-15-/t17-,21-/m1/s1. The van der Waals surface area contributed by atoms with Crippen molar-refractivity contribution < 1.29 is 18.7 Å². The van der Waals surface area contributed by atoms with Crippen molar-refractivity contribution in [1.29, 1.82) is 0 Å². The number of aliphatic hydroxyl groups is 1. The lowest BCUT2D eigenvalue weighted by atomic mass is 9.78. The second-order valence-corrected chi connectivity index (χ2v) is 10.6. The Labute approximate surface area is 175 Å². The van der Waals surface area contributed by atoms with Gasteiger partial charge in [0, 0.05) is 6.07 Å². The lowest BCUT2D eigenvalue weighted by Crippen LogP contribution is -2.28. The Balaban J connectivity index is 2.38. The molecule has 3 nitrogen and oxygen atoms in total. The van der Waals surface area contributed by atoms with Gasteiger partial charge in [-0.05, 0) is 48.2 Å². The first-order chi connectivity index (χ1) is 13.6. The van der Waals surface area contributed by atoms with Crippen molar-refractivity contribution in [2.24, 2.45) is 11.3 Å². The Morgan fingerprint density at radius 2 is 1.79 bits per heavy atom. The highest BCUT2D eigenvalue weighted by atomic mass is 28.3. The normalized spacial score (nSPS) is 14.6. The van der Waals surface area contributed by atoms with Crippen LogP contribution in [-0.4, -0.2) is 20.3 Å². The zero-order chi connectivity index (χ0) is 21.6. The van der Waals surface area contributed by atoms with Crippen molar-refractivity contribution in [3.8, 4) is 5.75 Å². The van der Waals surface area contributed by atoms with E-state index in [2.05, 4.69) is 20.8 Å². The summed E-state index contributed by atoms with van der Waals surface area (Å²) in [5.74, 6) is 0.576. The Kier molecular flexibility index (Phi) is 8.05. The summed E-state index contributed by atoms with van der Waals surface area (Å²) in [5, 5.41) is 10.8. The van der Waals surface area contributed by atoms with E-state index in [9.17, 15) is 9.50 Å². The number of benzene rings is 2. The zero-order valence-corrected chi connectivity index (χ0v) is 19.2. The van der Waals surface area contributed by atoms with Crippen molar-refractivity contribution in [3.63, 3.8) is 0 Å². The van der Waals surface area contributed by atoms with Gasteiger partial charge in [-0.3, -0.25) is 0 Å². The van der Waals surface area contributed by atoms with Gasteiger partial charge in [0.25, 0.3) is 9.04 Å². The molecule has 0 saturated heterocycles. The highest BCUT2D eigenvalue weighted by molar-refractivity contribution is 6.49. The highest BCUT2D eigenvalue weighted by Gasteiger charge is 2.27. The molecular formula is C24H32FO3Si. The SMILES string of the molecule is C[C@H]([C@H](O)/C=C(\O[Si](C)C)c1ccc(F)cc1OCc1ccccc1)C(C)(C)C. The molecule has 0 spiro atoms. The molecule has 0 aliphatic carbocycles. The van der Waals surface area contributed by atoms with Crippen molar-refractivity contribution >= 4 is 14.8 Å². The molecule has 5 heteroatoms. The summed E-state index contributed by atoms with van der Waals surface area (Å²) in [4.78, 5) is 0. The molecule has 0 aliphatic rings. The molecule has 157 valence electrons. The minimum Gasteiger partial charge on any atom is -0.542 e. The highest BCUT2D eigenvalue weighted by Crippen LogP contribution is 2.33. The van der Waals surface area contributed by atoms with Crippen LogP contribution < -0.4 is 4.74 Å². The molecule has 0 saturated carbocycles. The summed E-state index contributed by atoms with van der Waals surface area (Å²) >= 11 is 0. The van der Waals surface area contributed by atoms with Gasteiger partial charge in [0.1, 0.15) is 23.9 Å². The largest absolute Gasteiger partial charge is 0.542 e. The van der Waals surface area contributed by atoms with E-state index in [0.717, 1.165) is 5.56 Å². The van der Waals surface area contributed by atoms with Crippen LogP contribution in [-0.2, 0) is 11.0 Å². The number of halogens is 1. The second kappa shape index (κ2) is 10.1. The molecule has 0 heterocycles. The quantitative estimate of drug-likeness (QED) is 0.421. The molecule has 1 N–H and O–H groups in total. The fourth-order valence-corrected chi connectivity index (χ4v) is 3.38. The van der Waals surface area contributed by atoms with Crippen molar-refractivity contribution in [3.05, 3.63) is 71.6 Å². The van der Waals surface area contributed by atoms with Gasteiger partial charge in [-0.25, -0.2) is 4.39 Å². The van der Waals surface area contributed by atoms with Crippen LogP contribution in [0.15, 0.2) is 54.6 Å². The summed E-state index contributed by atoms with van der Waals surface area (Å²) in [7, 11) is -1.11. The molecule has 0 aromatic heterocycles.